The maximum Gasteiger partial charge on any atom is 0.245 e. The zero-order chi connectivity index (χ0) is 24.0. The van der Waals surface area contributed by atoms with Crippen LogP contribution in [0.5, 0.6) is 0 Å². The largest absolute Gasteiger partial charge is 0.356 e. The summed E-state index contributed by atoms with van der Waals surface area (Å²) in [6.07, 6.45) is 6.07. The standard InChI is InChI=1S/C22H28N8O3S/c1-4-16(22(31)29-10-14-6-7-34(32,33)17(14)11-29)27-19-18-21(26-12-25-19)30(5-2)20(28-18)15-8-23-13(3)24-9-15/h8-9,12,14,16-17H,4-7,10-11H2,1-3H3,(H,25,26,27)/t14-,16+,17-/m1/s1. The first-order chi connectivity index (χ1) is 16.3. The predicted molar refractivity (Wildman–Crippen MR) is 127 cm³/mol. The van der Waals surface area contributed by atoms with Crippen LogP contribution in [0.1, 0.15) is 32.5 Å². The number of rotatable bonds is 6. The summed E-state index contributed by atoms with van der Waals surface area (Å²) >= 11 is 0. The van der Waals surface area contributed by atoms with E-state index in [2.05, 4.69) is 25.3 Å². The van der Waals surface area contributed by atoms with Crippen LogP contribution in [-0.2, 0) is 21.2 Å². The Hall–Kier alpha value is -3.15. The minimum absolute atomic E-state index is 0.0387. The maximum atomic E-state index is 13.3. The molecule has 2 aliphatic rings. The van der Waals surface area contributed by atoms with Crippen LogP contribution in [0.25, 0.3) is 22.6 Å². The van der Waals surface area contributed by atoms with E-state index in [1.165, 1.54) is 6.33 Å². The van der Waals surface area contributed by atoms with Crippen LogP contribution in [0.15, 0.2) is 18.7 Å². The highest BCUT2D eigenvalue weighted by molar-refractivity contribution is 7.92. The molecule has 0 radical (unpaired) electrons. The summed E-state index contributed by atoms with van der Waals surface area (Å²) in [5.41, 5.74) is 1.98. The van der Waals surface area contributed by atoms with Crippen molar-refractivity contribution in [1.82, 2.24) is 34.4 Å². The van der Waals surface area contributed by atoms with Gasteiger partial charge in [0.2, 0.25) is 5.91 Å². The molecule has 0 bridgehead atoms. The SMILES string of the molecule is CC[C@H](Nc1ncnc2c1nc(-c1cnc(C)nc1)n2CC)C(=O)N1C[C@H]2CCS(=O)(=O)[C@@H]2C1. The molecule has 2 saturated heterocycles. The van der Waals surface area contributed by atoms with Gasteiger partial charge in [0, 0.05) is 32.0 Å². The number of nitrogens with zero attached hydrogens (tertiary/aromatic N) is 7. The van der Waals surface area contributed by atoms with Crippen molar-refractivity contribution in [3.05, 3.63) is 24.5 Å². The molecule has 3 atom stereocenters. The van der Waals surface area contributed by atoms with E-state index in [0.717, 1.165) is 5.56 Å². The molecule has 0 saturated carbocycles. The Morgan fingerprint density at radius 2 is 1.94 bits per heavy atom. The number of amides is 1. The number of imidazole rings is 1. The Morgan fingerprint density at radius 1 is 1.18 bits per heavy atom. The van der Waals surface area contributed by atoms with Crippen LogP contribution in [0.3, 0.4) is 0 Å². The number of aromatic nitrogens is 6. The van der Waals surface area contributed by atoms with Gasteiger partial charge < -0.3 is 14.8 Å². The number of aryl methyl sites for hydroxylation is 2. The van der Waals surface area contributed by atoms with Crippen molar-refractivity contribution in [2.45, 2.75) is 51.4 Å². The zero-order valence-corrected chi connectivity index (χ0v) is 20.3. The van der Waals surface area contributed by atoms with Crippen LogP contribution in [-0.4, -0.2) is 78.8 Å². The third kappa shape index (κ3) is 3.79. The van der Waals surface area contributed by atoms with E-state index in [1.54, 1.807) is 17.3 Å². The number of carbonyl (C=O) groups excluding carboxylic acids is 1. The van der Waals surface area contributed by atoms with Crippen molar-refractivity contribution < 1.29 is 13.2 Å². The van der Waals surface area contributed by atoms with Crippen LogP contribution < -0.4 is 5.32 Å². The highest BCUT2D eigenvalue weighted by Gasteiger charge is 2.48. The highest BCUT2D eigenvalue weighted by Crippen LogP contribution is 2.34. The van der Waals surface area contributed by atoms with Gasteiger partial charge in [-0.25, -0.2) is 33.3 Å². The predicted octanol–water partition coefficient (Wildman–Crippen LogP) is 1.45. The second-order valence-electron chi connectivity index (χ2n) is 8.90. The van der Waals surface area contributed by atoms with E-state index in [1.807, 2.05) is 25.3 Å². The molecule has 2 fully saturated rings. The van der Waals surface area contributed by atoms with Gasteiger partial charge in [-0.1, -0.05) is 6.92 Å². The lowest BCUT2D eigenvalue weighted by Crippen LogP contribution is -2.42. The topological polar surface area (TPSA) is 136 Å². The van der Waals surface area contributed by atoms with Gasteiger partial charge in [0.1, 0.15) is 24.0 Å². The monoisotopic (exact) mass is 484 g/mol. The smallest absolute Gasteiger partial charge is 0.245 e. The van der Waals surface area contributed by atoms with Crippen LogP contribution in [0, 0.1) is 12.8 Å². The summed E-state index contributed by atoms with van der Waals surface area (Å²) in [6, 6.07) is -0.544. The maximum absolute atomic E-state index is 13.3. The van der Waals surface area contributed by atoms with E-state index < -0.39 is 21.1 Å². The first kappa shape index (κ1) is 22.6. The summed E-state index contributed by atoms with van der Waals surface area (Å²) < 4.78 is 26.6. The fourth-order valence-electron chi connectivity index (χ4n) is 4.97. The number of likely N-dealkylation sites (tertiary alicyclic amines) is 1. The fourth-order valence-corrected chi connectivity index (χ4v) is 7.12. The molecule has 34 heavy (non-hydrogen) atoms. The molecule has 3 aromatic rings. The summed E-state index contributed by atoms with van der Waals surface area (Å²) in [6.45, 7) is 7.14. The van der Waals surface area contributed by atoms with Gasteiger partial charge >= 0.3 is 0 Å². The third-order valence-corrected chi connectivity index (χ3v) is 9.09. The number of nitrogens with one attached hydrogen (secondary N) is 1. The highest BCUT2D eigenvalue weighted by atomic mass is 32.2. The van der Waals surface area contributed by atoms with Gasteiger partial charge in [-0.2, -0.15) is 0 Å². The Kier molecular flexibility index (Phi) is 5.70. The fraction of sp³-hybridized carbons (Fsp3) is 0.545. The van der Waals surface area contributed by atoms with Gasteiger partial charge in [-0.05, 0) is 32.6 Å². The Labute approximate surface area is 198 Å². The normalized spacial score (nSPS) is 22.1. The minimum Gasteiger partial charge on any atom is -0.356 e. The Balaban J connectivity index is 1.43. The second-order valence-corrected chi connectivity index (χ2v) is 11.2. The van der Waals surface area contributed by atoms with Gasteiger partial charge in [-0.3, -0.25) is 4.79 Å². The number of carbonyl (C=O) groups is 1. The number of sulfone groups is 1. The molecule has 0 aromatic carbocycles. The van der Waals surface area contributed by atoms with E-state index in [4.69, 9.17) is 4.98 Å². The van der Waals surface area contributed by atoms with E-state index in [0.29, 0.717) is 54.6 Å². The van der Waals surface area contributed by atoms with Gasteiger partial charge in [0.15, 0.2) is 26.8 Å². The lowest BCUT2D eigenvalue weighted by molar-refractivity contribution is -0.131. The number of anilines is 1. The molecule has 0 spiro atoms. The number of hydrogen-bond donors (Lipinski definition) is 1. The molecule has 180 valence electrons. The van der Waals surface area contributed by atoms with E-state index >= 15 is 0 Å². The minimum atomic E-state index is -3.10. The van der Waals surface area contributed by atoms with Gasteiger partial charge in [0.25, 0.3) is 0 Å². The Morgan fingerprint density at radius 3 is 2.62 bits per heavy atom. The van der Waals surface area contributed by atoms with Crippen molar-refractivity contribution in [1.29, 1.82) is 0 Å². The van der Waals surface area contributed by atoms with Gasteiger partial charge in [0.05, 0.1) is 16.6 Å². The van der Waals surface area contributed by atoms with Crippen LogP contribution >= 0.6 is 0 Å². The molecule has 5 rings (SSSR count). The molecule has 2 aliphatic heterocycles. The molecular formula is C22H28N8O3S. The first-order valence-corrected chi connectivity index (χ1v) is 13.3. The third-order valence-electron chi connectivity index (χ3n) is 6.83. The molecular weight excluding hydrogens is 456 g/mol. The molecule has 5 heterocycles. The quantitative estimate of drug-likeness (QED) is 0.551. The second kappa shape index (κ2) is 8.57. The van der Waals surface area contributed by atoms with Crippen molar-refractivity contribution in [2.24, 2.45) is 5.92 Å². The summed E-state index contributed by atoms with van der Waals surface area (Å²) in [5.74, 6) is 1.98. The molecule has 0 unspecified atom stereocenters. The Bertz CT molecular complexity index is 1340. The van der Waals surface area contributed by atoms with Crippen molar-refractivity contribution in [3.63, 3.8) is 0 Å². The van der Waals surface area contributed by atoms with Crippen LogP contribution in [0.4, 0.5) is 5.82 Å². The first-order valence-electron chi connectivity index (χ1n) is 11.6. The lowest BCUT2D eigenvalue weighted by Gasteiger charge is -2.24. The summed E-state index contributed by atoms with van der Waals surface area (Å²) in [5, 5.41) is 2.83. The van der Waals surface area contributed by atoms with Crippen molar-refractivity contribution >= 4 is 32.7 Å². The average molecular weight is 485 g/mol. The summed E-state index contributed by atoms with van der Waals surface area (Å²) in [7, 11) is -3.10. The molecule has 1 amide bonds. The molecule has 1 N–H and O–H groups in total. The summed E-state index contributed by atoms with van der Waals surface area (Å²) in [4.78, 5) is 37.2. The number of hydrogen-bond acceptors (Lipinski definition) is 9. The van der Waals surface area contributed by atoms with Crippen LogP contribution in [0.2, 0.25) is 0 Å². The van der Waals surface area contributed by atoms with E-state index in [9.17, 15) is 13.2 Å². The number of fused-ring (bicyclic) bond motifs is 2. The molecule has 0 aliphatic carbocycles. The molecule has 12 heteroatoms. The molecule has 11 nitrogen and oxygen atoms in total. The lowest BCUT2D eigenvalue weighted by atomic mass is 10.1. The van der Waals surface area contributed by atoms with Crippen molar-refractivity contribution in [3.8, 4) is 11.4 Å². The average Bonchev–Trinajstić information content (AvgIpc) is 3.50. The van der Waals surface area contributed by atoms with Crippen molar-refractivity contribution in [2.75, 3.05) is 24.2 Å². The molecule has 3 aromatic heterocycles. The zero-order valence-electron chi connectivity index (χ0n) is 19.5. The van der Waals surface area contributed by atoms with E-state index in [-0.39, 0.29) is 24.1 Å². The van der Waals surface area contributed by atoms with Gasteiger partial charge in [-0.15, -0.1) is 0 Å².